The molecule has 1 aromatic heterocycles. The van der Waals surface area contributed by atoms with E-state index in [9.17, 15) is 0 Å². The molecule has 0 spiro atoms. The highest BCUT2D eigenvalue weighted by Crippen LogP contribution is 2.24. The van der Waals surface area contributed by atoms with Crippen LogP contribution in [0.1, 0.15) is 18.4 Å². The molecule has 0 radical (unpaired) electrons. The first-order valence-corrected chi connectivity index (χ1v) is 7.03. The molecule has 1 aromatic carbocycles. The van der Waals surface area contributed by atoms with Gasteiger partial charge in [-0.2, -0.15) is 0 Å². The Labute approximate surface area is 114 Å². The van der Waals surface area contributed by atoms with E-state index < -0.39 is 0 Å². The van der Waals surface area contributed by atoms with E-state index in [1.807, 2.05) is 18.4 Å². The zero-order valence-corrected chi connectivity index (χ0v) is 11.5. The Kier molecular flexibility index (Phi) is 3.85. The third-order valence-electron chi connectivity index (χ3n) is 3.96. The molecule has 102 valence electrons. The van der Waals surface area contributed by atoms with Crippen LogP contribution in [0.5, 0.6) is 0 Å². The van der Waals surface area contributed by atoms with Crippen molar-refractivity contribution in [2.24, 2.45) is 5.92 Å². The fraction of sp³-hybridized carbons (Fsp3) is 0.500. The number of furan rings is 1. The van der Waals surface area contributed by atoms with Gasteiger partial charge in [0.15, 0.2) is 0 Å². The van der Waals surface area contributed by atoms with Crippen LogP contribution in [0.25, 0.3) is 11.0 Å². The van der Waals surface area contributed by atoms with Gasteiger partial charge in [-0.05, 0) is 31.4 Å². The van der Waals surface area contributed by atoms with E-state index in [4.69, 9.17) is 9.15 Å². The number of hydrogen-bond donors (Lipinski definition) is 0. The molecule has 0 bridgehead atoms. The van der Waals surface area contributed by atoms with Crippen molar-refractivity contribution in [3.63, 3.8) is 0 Å². The van der Waals surface area contributed by atoms with E-state index in [2.05, 4.69) is 17.0 Å². The van der Waals surface area contributed by atoms with Gasteiger partial charge in [-0.3, -0.25) is 4.90 Å². The third-order valence-corrected chi connectivity index (χ3v) is 3.96. The van der Waals surface area contributed by atoms with Crippen molar-refractivity contribution >= 4 is 11.0 Å². The fourth-order valence-electron chi connectivity index (χ4n) is 3.06. The van der Waals surface area contributed by atoms with Crippen LogP contribution in [0, 0.1) is 5.92 Å². The molecule has 0 N–H and O–H groups in total. The highest BCUT2D eigenvalue weighted by atomic mass is 16.5. The van der Waals surface area contributed by atoms with Crippen LogP contribution >= 0.6 is 0 Å². The Morgan fingerprint density at radius 3 is 3.16 bits per heavy atom. The first-order chi connectivity index (χ1) is 9.36. The number of ether oxygens (including phenoxy) is 1. The summed E-state index contributed by atoms with van der Waals surface area (Å²) in [6, 6.07) is 8.27. The average Bonchev–Trinajstić information content (AvgIpc) is 2.83. The summed E-state index contributed by atoms with van der Waals surface area (Å²) in [5.41, 5.74) is 2.29. The topological polar surface area (TPSA) is 25.6 Å². The van der Waals surface area contributed by atoms with Gasteiger partial charge < -0.3 is 9.15 Å². The first kappa shape index (κ1) is 12.7. The maximum atomic E-state index is 5.61. The van der Waals surface area contributed by atoms with Gasteiger partial charge >= 0.3 is 0 Å². The van der Waals surface area contributed by atoms with Gasteiger partial charge in [0.25, 0.3) is 0 Å². The second-order valence-corrected chi connectivity index (χ2v) is 5.46. The van der Waals surface area contributed by atoms with Crippen molar-refractivity contribution in [3.05, 3.63) is 36.1 Å². The number of nitrogens with zero attached hydrogens (tertiary/aromatic N) is 1. The number of methoxy groups -OCH3 is 1. The minimum atomic E-state index is 0.678. The number of rotatable bonds is 4. The van der Waals surface area contributed by atoms with E-state index >= 15 is 0 Å². The zero-order chi connectivity index (χ0) is 13.1. The molecule has 0 unspecified atom stereocenters. The lowest BCUT2D eigenvalue weighted by Gasteiger charge is -2.32. The molecule has 0 amide bonds. The van der Waals surface area contributed by atoms with Crippen molar-refractivity contribution in [1.82, 2.24) is 4.90 Å². The highest BCUT2D eigenvalue weighted by Gasteiger charge is 2.20. The molecule has 1 aliphatic rings. The smallest absolute Gasteiger partial charge is 0.134 e. The molecular formula is C16H21NO2. The van der Waals surface area contributed by atoms with Gasteiger partial charge in [-0.1, -0.05) is 18.2 Å². The number of benzene rings is 1. The predicted molar refractivity (Wildman–Crippen MR) is 76.1 cm³/mol. The van der Waals surface area contributed by atoms with Crippen LogP contribution in [0.15, 0.2) is 34.9 Å². The highest BCUT2D eigenvalue weighted by molar-refractivity contribution is 5.80. The minimum absolute atomic E-state index is 0.678. The maximum absolute atomic E-state index is 5.61. The fourth-order valence-corrected chi connectivity index (χ4v) is 3.06. The summed E-state index contributed by atoms with van der Waals surface area (Å²) >= 11 is 0. The maximum Gasteiger partial charge on any atom is 0.134 e. The Hall–Kier alpha value is -1.32. The van der Waals surface area contributed by atoms with Gasteiger partial charge in [-0.15, -0.1) is 0 Å². The summed E-state index contributed by atoms with van der Waals surface area (Å²) in [6.45, 7) is 4.17. The predicted octanol–water partition coefficient (Wildman–Crippen LogP) is 3.29. The lowest BCUT2D eigenvalue weighted by Crippen LogP contribution is -2.36. The van der Waals surface area contributed by atoms with Crippen LogP contribution in [-0.2, 0) is 11.3 Å². The Bertz CT molecular complexity index is 532. The molecule has 0 aliphatic carbocycles. The zero-order valence-electron chi connectivity index (χ0n) is 11.5. The molecule has 19 heavy (non-hydrogen) atoms. The summed E-state index contributed by atoms with van der Waals surface area (Å²) < 4.78 is 10.9. The molecule has 3 heteroatoms. The van der Waals surface area contributed by atoms with Crippen molar-refractivity contribution in [3.8, 4) is 0 Å². The van der Waals surface area contributed by atoms with Crippen molar-refractivity contribution in [1.29, 1.82) is 0 Å². The molecule has 3 rings (SSSR count). The van der Waals surface area contributed by atoms with Crippen LogP contribution in [0.4, 0.5) is 0 Å². The monoisotopic (exact) mass is 259 g/mol. The Morgan fingerprint density at radius 1 is 1.37 bits per heavy atom. The van der Waals surface area contributed by atoms with Gasteiger partial charge in [0.05, 0.1) is 12.9 Å². The first-order valence-electron chi connectivity index (χ1n) is 7.03. The van der Waals surface area contributed by atoms with Gasteiger partial charge in [0, 0.05) is 31.1 Å². The summed E-state index contributed by atoms with van der Waals surface area (Å²) in [6.07, 6.45) is 4.46. The largest absolute Gasteiger partial charge is 0.464 e. The van der Waals surface area contributed by atoms with Crippen LogP contribution in [0.3, 0.4) is 0 Å². The molecule has 2 aromatic rings. The van der Waals surface area contributed by atoms with Gasteiger partial charge in [0.2, 0.25) is 0 Å². The van der Waals surface area contributed by atoms with Gasteiger partial charge in [-0.25, -0.2) is 0 Å². The van der Waals surface area contributed by atoms with E-state index in [0.29, 0.717) is 5.92 Å². The third kappa shape index (κ3) is 2.82. The van der Waals surface area contributed by atoms with Crippen molar-refractivity contribution in [2.45, 2.75) is 19.4 Å². The quantitative estimate of drug-likeness (QED) is 0.842. The molecular weight excluding hydrogens is 238 g/mol. The number of fused-ring (bicyclic) bond motifs is 1. The standard InChI is InChI=1S/C16H21NO2/c1-18-11-13-5-4-8-17(9-13)10-14-12-19-16-7-3-2-6-15(14)16/h2-3,6-7,12-13H,4-5,8-11H2,1H3/t13-/m1/s1. The second kappa shape index (κ2) is 5.76. The number of likely N-dealkylation sites (tertiary alicyclic amines) is 1. The number of hydrogen-bond acceptors (Lipinski definition) is 3. The summed E-state index contributed by atoms with van der Waals surface area (Å²) in [5, 5.41) is 1.25. The van der Waals surface area contributed by atoms with E-state index in [1.165, 1.54) is 30.3 Å². The SMILES string of the molecule is COC[C@@H]1CCCN(Cc2coc3ccccc23)C1. The number of para-hydroxylation sites is 1. The lowest BCUT2D eigenvalue weighted by molar-refractivity contribution is 0.0874. The van der Waals surface area contributed by atoms with E-state index in [1.54, 1.807) is 7.11 Å². The average molecular weight is 259 g/mol. The molecule has 0 saturated carbocycles. The lowest BCUT2D eigenvalue weighted by atomic mass is 9.98. The Balaban J connectivity index is 1.70. The summed E-state index contributed by atoms with van der Waals surface area (Å²) in [4.78, 5) is 2.52. The van der Waals surface area contributed by atoms with Crippen molar-refractivity contribution < 1.29 is 9.15 Å². The molecule has 1 aliphatic heterocycles. The molecule has 1 fully saturated rings. The van der Waals surface area contributed by atoms with Crippen LogP contribution in [0.2, 0.25) is 0 Å². The van der Waals surface area contributed by atoms with Gasteiger partial charge in [0.1, 0.15) is 5.58 Å². The molecule has 3 nitrogen and oxygen atoms in total. The summed E-state index contributed by atoms with van der Waals surface area (Å²) in [5.74, 6) is 0.678. The number of piperidine rings is 1. The van der Waals surface area contributed by atoms with Crippen LogP contribution < -0.4 is 0 Å². The van der Waals surface area contributed by atoms with Crippen molar-refractivity contribution in [2.75, 3.05) is 26.8 Å². The second-order valence-electron chi connectivity index (χ2n) is 5.46. The van der Waals surface area contributed by atoms with E-state index in [-0.39, 0.29) is 0 Å². The molecule has 1 saturated heterocycles. The molecule has 2 heterocycles. The minimum Gasteiger partial charge on any atom is -0.464 e. The molecule has 1 atom stereocenters. The normalized spacial score (nSPS) is 21.0. The van der Waals surface area contributed by atoms with E-state index in [0.717, 1.165) is 25.3 Å². The van der Waals surface area contributed by atoms with Crippen LogP contribution in [-0.4, -0.2) is 31.7 Å². The Morgan fingerprint density at radius 2 is 2.26 bits per heavy atom. The summed E-state index contributed by atoms with van der Waals surface area (Å²) in [7, 11) is 1.79.